The molecule has 1 heterocycles. The van der Waals surface area contributed by atoms with Crippen LogP contribution in [0.15, 0.2) is 66.7 Å². The van der Waals surface area contributed by atoms with Crippen LogP contribution < -0.4 is 16.0 Å². The Balaban J connectivity index is 1.51. The van der Waals surface area contributed by atoms with Crippen molar-refractivity contribution >= 4 is 28.5 Å². The number of nitrogens with zero attached hydrogens (tertiary/aromatic N) is 1. The van der Waals surface area contributed by atoms with Gasteiger partial charge in [-0.25, -0.2) is 4.39 Å². The summed E-state index contributed by atoms with van der Waals surface area (Å²) in [5.41, 5.74) is 0.601. The molecule has 0 saturated carbocycles. The maximum absolute atomic E-state index is 13.9. The van der Waals surface area contributed by atoms with Gasteiger partial charge in [-0.15, -0.1) is 0 Å². The summed E-state index contributed by atoms with van der Waals surface area (Å²) in [5, 5.41) is 11.5. The van der Waals surface area contributed by atoms with Crippen LogP contribution in [0.5, 0.6) is 0 Å². The number of hydrogen-bond donors (Lipinski definition) is 3. The molecule has 0 bridgehead atoms. The van der Waals surface area contributed by atoms with E-state index in [1.807, 2.05) is 42.5 Å². The monoisotopic (exact) mass is 560 g/mol. The zero-order valence-corrected chi connectivity index (χ0v) is 24.2. The SMILES string of the molecule is CC(C)(C)C(=O)N(C(=O)[C@@H]1CCCN1)[C@H](Cc1ccc2ccccc2c1)C(=O)NCCCNCc1ccccc1F. The maximum Gasteiger partial charge on any atom is 0.247 e. The van der Waals surface area contributed by atoms with Gasteiger partial charge in [-0.3, -0.25) is 19.3 Å². The van der Waals surface area contributed by atoms with Gasteiger partial charge in [0.25, 0.3) is 0 Å². The van der Waals surface area contributed by atoms with Gasteiger partial charge in [-0.05, 0) is 54.8 Å². The Morgan fingerprint density at radius 3 is 2.44 bits per heavy atom. The van der Waals surface area contributed by atoms with E-state index in [0.717, 1.165) is 22.8 Å². The fraction of sp³-hybridized carbons (Fsp3) is 0.424. The third-order valence-corrected chi connectivity index (χ3v) is 7.42. The van der Waals surface area contributed by atoms with Crippen LogP contribution in [0.2, 0.25) is 0 Å². The normalized spacial score (nSPS) is 16.0. The average Bonchev–Trinajstić information content (AvgIpc) is 3.50. The fourth-order valence-corrected chi connectivity index (χ4v) is 5.12. The van der Waals surface area contributed by atoms with E-state index in [0.29, 0.717) is 44.6 Å². The van der Waals surface area contributed by atoms with Crippen LogP contribution in [0, 0.1) is 11.2 Å². The van der Waals surface area contributed by atoms with Crippen LogP contribution in [-0.2, 0) is 27.3 Å². The minimum atomic E-state index is -0.996. The highest BCUT2D eigenvalue weighted by molar-refractivity contribution is 6.04. The van der Waals surface area contributed by atoms with Gasteiger partial charge in [0.1, 0.15) is 11.9 Å². The van der Waals surface area contributed by atoms with E-state index in [4.69, 9.17) is 0 Å². The standard InChI is InChI=1S/C33H41FN4O3/c1-33(2,3)32(41)38(31(40)28-14-8-18-36-28)29(21-23-15-16-24-10-4-5-11-25(24)20-23)30(39)37-19-9-17-35-22-26-12-6-7-13-27(26)34/h4-7,10-13,15-16,20,28-29,35-36H,8-9,14,17-19,21-22H2,1-3H3,(H,37,39)/t28-,29+/m0/s1. The van der Waals surface area contributed by atoms with Crippen molar-refractivity contribution in [3.63, 3.8) is 0 Å². The van der Waals surface area contributed by atoms with Crippen molar-refractivity contribution in [3.8, 4) is 0 Å². The lowest BCUT2D eigenvalue weighted by Crippen LogP contribution is -2.59. The highest BCUT2D eigenvalue weighted by atomic mass is 19.1. The maximum atomic E-state index is 13.9. The molecule has 1 aliphatic heterocycles. The number of fused-ring (bicyclic) bond motifs is 1. The van der Waals surface area contributed by atoms with Gasteiger partial charge in [-0.1, -0.05) is 81.4 Å². The second kappa shape index (κ2) is 13.8. The van der Waals surface area contributed by atoms with Crippen molar-refractivity contribution in [2.75, 3.05) is 19.6 Å². The molecule has 3 N–H and O–H groups in total. The smallest absolute Gasteiger partial charge is 0.247 e. The van der Waals surface area contributed by atoms with Crippen LogP contribution in [0.25, 0.3) is 10.8 Å². The van der Waals surface area contributed by atoms with Crippen molar-refractivity contribution < 1.29 is 18.8 Å². The van der Waals surface area contributed by atoms with E-state index in [1.54, 1.807) is 39.0 Å². The van der Waals surface area contributed by atoms with Gasteiger partial charge < -0.3 is 16.0 Å². The minimum absolute atomic E-state index is 0.211. The molecule has 1 fully saturated rings. The lowest BCUT2D eigenvalue weighted by atomic mass is 9.91. The Bertz CT molecular complexity index is 1360. The van der Waals surface area contributed by atoms with Crippen molar-refractivity contribution in [3.05, 3.63) is 83.7 Å². The Kier molecular flexibility index (Phi) is 10.2. The van der Waals surface area contributed by atoms with Crippen LogP contribution in [0.1, 0.15) is 51.2 Å². The van der Waals surface area contributed by atoms with E-state index in [9.17, 15) is 18.8 Å². The quantitative estimate of drug-likeness (QED) is 0.304. The highest BCUT2D eigenvalue weighted by Crippen LogP contribution is 2.25. The minimum Gasteiger partial charge on any atom is -0.354 e. The summed E-state index contributed by atoms with van der Waals surface area (Å²) >= 11 is 0. The molecule has 0 aromatic heterocycles. The summed E-state index contributed by atoms with van der Waals surface area (Å²) in [6.45, 7) is 7.32. The molecule has 41 heavy (non-hydrogen) atoms. The summed E-state index contributed by atoms with van der Waals surface area (Å²) in [7, 11) is 0. The van der Waals surface area contributed by atoms with Gasteiger partial charge in [-0.2, -0.15) is 0 Å². The average molecular weight is 561 g/mol. The highest BCUT2D eigenvalue weighted by Gasteiger charge is 2.42. The van der Waals surface area contributed by atoms with E-state index < -0.39 is 17.5 Å². The molecule has 4 rings (SSSR count). The van der Waals surface area contributed by atoms with Gasteiger partial charge in [0.2, 0.25) is 17.7 Å². The number of carbonyl (C=O) groups excluding carboxylic acids is 3. The Labute approximate surface area is 241 Å². The summed E-state index contributed by atoms with van der Waals surface area (Å²) in [4.78, 5) is 42.5. The fourth-order valence-electron chi connectivity index (χ4n) is 5.12. The lowest BCUT2D eigenvalue weighted by Gasteiger charge is -2.35. The summed E-state index contributed by atoms with van der Waals surface area (Å²) in [5.74, 6) is -1.34. The lowest BCUT2D eigenvalue weighted by molar-refractivity contribution is -0.157. The number of amides is 3. The van der Waals surface area contributed by atoms with Crippen molar-refractivity contribution in [1.29, 1.82) is 0 Å². The summed E-state index contributed by atoms with van der Waals surface area (Å²) < 4.78 is 13.9. The van der Waals surface area contributed by atoms with Crippen LogP contribution in [0.4, 0.5) is 4.39 Å². The van der Waals surface area contributed by atoms with E-state index >= 15 is 0 Å². The third-order valence-electron chi connectivity index (χ3n) is 7.42. The molecule has 0 radical (unpaired) electrons. The molecular formula is C33H41FN4O3. The van der Waals surface area contributed by atoms with E-state index in [-0.39, 0.29) is 30.0 Å². The number of rotatable bonds is 11. The molecule has 1 saturated heterocycles. The first-order chi connectivity index (χ1) is 19.6. The first kappa shape index (κ1) is 30.3. The van der Waals surface area contributed by atoms with Gasteiger partial charge in [0.05, 0.1) is 6.04 Å². The van der Waals surface area contributed by atoms with Gasteiger partial charge >= 0.3 is 0 Å². The molecule has 1 aliphatic rings. The number of carbonyl (C=O) groups is 3. The molecule has 0 aliphatic carbocycles. The molecule has 3 aromatic carbocycles. The predicted octanol–water partition coefficient (Wildman–Crippen LogP) is 4.34. The predicted molar refractivity (Wildman–Crippen MR) is 160 cm³/mol. The second-order valence-corrected chi connectivity index (χ2v) is 11.7. The summed E-state index contributed by atoms with van der Waals surface area (Å²) in [6, 6.07) is 19.1. The van der Waals surface area contributed by atoms with Crippen molar-refractivity contribution in [2.24, 2.45) is 5.41 Å². The molecule has 3 aromatic rings. The first-order valence-corrected chi connectivity index (χ1v) is 14.5. The molecule has 2 atom stereocenters. The zero-order valence-electron chi connectivity index (χ0n) is 24.2. The molecule has 0 unspecified atom stereocenters. The topological polar surface area (TPSA) is 90.5 Å². The van der Waals surface area contributed by atoms with Crippen LogP contribution in [-0.4, -0.2) is 54.3 Å². The molecule has 3 amide bonds. The molecule has 0 spiro atoms. The number of imide groups is 1. The van der Waals surface area contributed by atoms with Gasteiger partial charge in [0, 0.05) is 30.5 Å². The molecule has 8 heteroatoms. The summed E-state index contributed by atoms with van der Waals surface area (Å²) in [6.07, 6.45) is 2.29. The van der Waals surface area contributed by atoms with E-state index in [2.05, 4.69) is 16.0 Å². The first-order valence-electron chi connectivity index (χ1n) is 14.5. The largest absolute Gasteiger partial charge is 0.354 e. The Morgan fingerprint density at radius 1 is 1.00 bits per heavy atom. The Hall–Kier alpha value is -3.62. The van der Waals surface area contributed by atoms with Crippen molar-refractivity contribution in [2.45, 2.75) is 65.1 Å². The number of benzene rings is 3. The van der Waals surface area contributed by atoms with Crippen LogP contribution in [0.3, 0.4) is 0 Å². The second-order valence-electron chi connectivity index (χ2n) is 11.7. The third kappa shape index (κ3) is 7.99. The molecule has 7 nitrogen and oxygen atoms in total. The van der Waals surface area contributed by atoms with Crippen LogP contribution >= 0.6 is 0 Å². The zero-order chi connectivity index (χ0) is 29.4. The number of hydrogen-bond acceptors (Lipinski definition) is 5. The Morgan fingerprint density at radius 2 is 1.73 bits per heavy atom. The molecule has 218 valence electrons. The number of nitrogens with one attached hydrogen (secondary N) is 3. The van der Waals surface area contributed by atoms with Gasteiger partial charge in [0.15, 0.2) is 0 Å². The van der Waals surface area contributed by atoms with E-state index in [1.165, 1.54) is 11.0 Å². The van der Waals surface area contributed by atoms with Crippen molar-refractivity contribution in [1.82, 2.24) is 20.9 Å². The number of halogens is 1. The molecular weight excluding hydrogens is 519 g/mol.